The minimum atomic E-state index is 0.666. The fourth-order valence-corrected chi connectivity index (χ4v) is 2.16. The monoisotopic (exact) mass is 209 g/mol. The first-order valence-corrected chi connectivity index (χ1v) is 6.24. The third-order valence-corrected chi connectivity index (χ3v) is 3.56. The Hall–Kier alpha value is -0.730. The van der Waals surface area contributed by atoms with Crippen LogP contribution in [0.5, 0.6) is 0 Å². The molecule has 0 radical (unpaired) electrons. The summed E-state index contributed by atoms with van der Waals surface area (Å²) in [5.41, 5.74) is 0. The molecule has 2 aliphatic carbocycles. The number of aliphatic imine (C=N–C) groups is 1. The quantitative estimate of drug-likeness (QED) is 0.546. The van der Waals surface area contributed by atoms with Gasteiger partial charge >= 0.3 is 0 Å². The first-order chi connectivity index (χ1) is 7.24. The average Bonchev–Trinajstić information content (AvgIpc) is 3.09. The molecule has 0 aromatic carbocycles. The molecule has 86 valence electrons. The summed E-state index contributed by atoms with van der Waals surface area (Å²) in [7, 11) is 1.86. The topological polar surface area (TPSA) is 36.4 Å². The van der Waals surface area contributed by atoms with E-state index in [0.29, 0.717) is 12.1 Å². The van der Waals surface area contributed by atoms with Gasteiger partial charge in [-0.25, -0.2) is 0 Å². The third-order valence-electron chi connectivity index (χ3n) is 3.56. The number of nitrogens with zero attached hydrogens (tertiary/aromatic N) is 1. The van der Waals surface area contributed by atoms with Gasteiger partial charge in [-0.2, -0.15) is 0 Å². The Kier molecular flexibility index (Phi) is 3.17. The molecule has 0 aromatic rings. The molecule has 0 bridgehead atoms. The number of hydrogen-bond donors (Lipinski definition) is 2. The summed E-state index contributed by atoms with van der Waals surface area (Å²) in [5, 5.41) is 6.97. The molecule has 4 atom stereocenters. The zero-order chi connectivity index (χ0) is 10.8. The van der Waals surface area contributed by atoms with E-state index in [2.05, 4.69) is 29.5 Å². The molecule has 2 N–H and O–H groups in total. The minimum absolute atomic E-state index is 0.666. The van der Waals surface area contributed by atoms with Crippen LogP contribution in [0.2, 0.25) is 0 Å². The fourth-order valence-electron chi connectivity index (χ4n) is 2.16. The lowest BCUT2D eigenvalue weighted by molar-refractivity contribution is 0.653. The van der Waals surface area contributed by atoms with Crippen molar-refractivity contribution in [3.05, 3.63) is 0 Å². The van der Waals surface area contributed by atoms with E-state index in [1.807, 2.05) is 7.05 Å². The van der Waals surface area contributed by atoms with Crippen molar-refractivity contribution < 1.29 is 0 Å². The molecule has 2 aliphatic rings. The van der Waals surface area contributed by atoms with Gasteiger partial charge in [0.15, 0.2) is 5.96 Å². The van der Waals surface area contributed by atoms with Gasteiger partial charge in [0.25, 0.3) is 0 Å². The Morgan fingerprint density at radius 2 is 1.93 bits per heavy atom. The highest BCUT2D eigenvalue weighted by Gasteiger charge is 2.38. The van der Waals surface area contributed by atoms with Crippen LogP contribution in [0.1, 0.15) is 39.5 Å². The van der Waals surface area contributed by atoms with E-state index in [1.165, 1.54) is 25.7 Å². The van der Waals surface area contributed by atoms with Crippen molar-refractivity contribution in [1.29, 1.82) is 0 Å². The Morgan fingerprint density at radius 3 is 2.47 bits per heavy atom. The molecule has 0 aromatic heterocycles. The number of hydrogen-bond acceptors (Lipinski definition) is 1. The molecule has 0 heterocycles. The van der Waals surface area contributed by atoms with E-state index in [-0.39, 0.29) is 0 Å². The summed E-state index contributed by atoms with van der Waals surface area (Å²) in [6.45, 7) is 4.54. The van der Waals surface area contributed by atoms with Crippen LogP contribution in [-0.4, -0.2) is 25.1 Å². The van der Waals surface area contributed by atoms with Crippen LogP contribution in [0.15, 0.2) is 4.99 Å². The second kappa shape index (κ2) is 4.42. The summed E-state index contributed by atoms with van der Waals surface area (Å²) in [6.07, 6.45) is 5.28. The van der Waals surface area contributed by atoms with E-state index in [1.54, 1.807) is 0 Å². The highest BCUT2D eigenvalue weighted by Crippen LogP contribution is 2.34. The van der Waals surface area contributed by atoms with Crippen molar-refractivity contribution in [2.45, 2.75) is 51.6 Å². The second-order valence-corrected chi connectivity index (χ2v) is 5.07. The lowest BCUT2D eigenvalue weighted by Crippen LogP contribution is -2.40. The van der Waals surface area contributed by atoms with E-state index in [0.717, 1.165) is 17.8 Å². The van der Waals surface area contributed by atoms with Gasteiger partial charge in [0.2, 0.25) is 0 Å². The largest absolute Gasteiger partial charge is 0.353 e. The highest BCUT2D eigenvalue weighted by molar-refractivity contribution is 5.81. The molecule has 3 heteroatoms. The van der Waals surface area contributed by atoms with Gasteiger partial charge in [0.05, 0.1) is 0 Å². The molecular weight excluding hydrogens is 186 g/mol. The number of rotatable bonds is 4. The standard InChI is InChI=1S/C12H23N3/c1-4-5-9-7-11(9)15-12(13-3)14-10-6-8(10)2/h8-11H,4-7H2,1-3H3,(H2,13,14,15). The molecule has 0 saturated heterocycles. The van der Waals surface area contributed by atoms with Gasteiger partial charge in [-0.1, -0.05) is 20.3 Å². The van der Waals surface area contributed by atoms with Crippen molar-refractivity contribution in [1.82, 2.24) is 10.6 Å². The normalized spacial score (nSPS) is 38.7. The van der Waals surface area contributed by atoms with Gasteiger partial charge in [-0.3, -0.25) is 4.99 Å². The van der Waals surface area contributed by atoms with Gasteiger partial charge < -0.3 is 10.6 Å². The molecule has 0 amide bonds. The van der Waals surface area contributed by atoms with E-state index < -0.39 is 0 Å². The van der Waals surface area contributed by atoms with Gasteiger partial charge in [-0.05, 0) is 31.1 Å². The smallest absolute Gasteiger partial charge is 0.191 e. The first kappa shape index (κ1) is 10.8. The van der Waals surface area contributed by atoms with Crippen LogP contribution in [-0.2, 0) is 0 Å². The van der Waals surface area contributed by atoms with Crippen molar-refractivity contribution in [3.63, 3.8) is 0 Å². The summed E-state index contributed by atoms with van der Waals surface area (Å²) in [5.74, 6) is 2.73. The molecule has 0 aliphatic heterocycles. The molecule has 2 rings (SSSR count). The SMILES string of the molecule is CCCC1CC1NC(=NC)NC1CC1C. The zero-order valence-corrected chi connectivity index (χ0v) is 10.1. The van der Waals surface area contributed by atoms with E-state index >= 15 is 0 Å². The van der Waals surface area contributed by atoms with Crippen molar-refractivity contribution in [2.75, 3.05) is 7.05 Å². The van der Waals surface area contributed by atoms with Crippen LogP contribution >= 0.6 is 0 Å². The maximum absolute atomic E-state index is 4.27. The van der Waals surface area contributed by atoms with Crippen LogP contribution in [0.25, 0.3) is 0 Å². The molecule has 0 spiro atoms. The number of guanidine groups is 1. The van der Waals surface area contributed by atoms with Gasteiger partial charge in [0.1, 0.15) is 0 Å². The molecule has 2 saturated carbocycles. The first-order valence-electron chi connectivity index (χ1n) is 6.24. The van der Waals surface area contributed by atoms with Crippen LogP contribution in [0.4, 0.5) is 0 Å². The Labute approximate surface area is 92.7 Å². The molecule has 4 unspecified atom stereocenters. The predicted octanol–water partition coefficient (Wildman–Crippen LogP) is 1.75. The highest BCUT2D eigenvalue weighted by atomic mass is 15.2. The lowest BCUT2D eigenvalue weighted by Gasteiger charge is -2.11. The fraction of sp³-hybridized carbons (Fsp3) is 0.917. The predicted molar refractivity (Wildman–Crippen MR) is 64.0 cm³/mol. The summed E-state index contributed by atoms with van der Waals surface area (Å²) < 4.78 is 0. The van der Waals surface area contributed by atoms with E-state index in [4.69, 9.17) is 0 Å². The Bertz CT molecular complexity index is 249. The molecule has 15 heavy (non-hydrogen) atoms. The van der Waals surface area contributed by atoms with Crippen LogP contribution in [0, 0.1) is 11.8 Å². The molecular formula is C12H23N3. The van der Waals surface area contributed by atoms with Crippen LogP contribution < -0.4 is 10.6 Å². The Morgan fingerprint density at radius 1 is 1.27 bits per heavy atom. The van der Waals surface area contributed by atoms with Gasteiger partial charge in [0, 0.05) is 19.1 Å². The third kappa shape index (κ3) is 2.86. The molecule has 2 fully saturated rings. The molecule has 3 nitrogen and oxygen atoms in total. The summed E-state index contributed by atoms with van der Waals surface area (Å²) >= 11 is 0. The average molecular weight is 209 g/mol. The maximum Gasteiger partial charge on any atom is 0.191 e. The van der Waals surface area contributed by atoms with Gasteiger partial charge in [-0.15, -0.1) is 0 Å². The van der Waals surface area contributed by atoms with E-state index in [9.17, 15) is 0 Å². The summed E-state index contributed by atoms with van der Waals surface area (Å²) in [6, 6.07) is 1.35. The number of nitrogens with one attached hydrogen (secondary N) is 2. The van der Waals surface area contributed by atoms with Crippen molar-refractivity contribution in [3.8, 4) is 0 Å². The maximum atomic E-state index is 4.27. The lowest BCUT2D eigenvalue weighted by atomic mass is 10.2. The minimum Gasteiger partial charge on any atom is -0.353 e. The summed E-state index contributed by atoms with van der Waals surface area (Å²) in [4.78, 5) is 4.27. The van der Waals surface area contributed by atoms with Crippen LogP contribution in [0.3, 0.4) is 0 Å². The second-order valence-electron chi connectivity index (χ2n) is 5.07. The van der Waals surface area contributed by atoms with Crippen molar-refractivity contribution >= 4 is 5.96 Å². The zero-order valence-electron chi connectivity index (χ0n) is 10.1. The van der Waals surface area contributed by atoms with Crippen molar-refractivity contribution in [2.24, 2.45) is 16.8 Å². The Balaban J connectivity index is 1.68.